The van der Waals surface area contributed by atoms with Gasteiger partial charge in [-0.3, -0.25) is 9.59 Å². The molecular formula is C15H20N2O3S. The van der Waals surface area contributed by atoms with Gasteiger partial charge in [0, 0.05) is 24.8 Å². The smallest absolute Gasteiger partial charge is 0.243 e. The average Bonchev–Trinajstić information content (AvgIpc) is 2.90. The van der Waals surface area contributed by atoms with Gasteiger partial charge in [0.1, 0.15) is 17.2 Å². The third-order valence-corrected chi connectivity index (χ3v) is 4.72. The third-order valence-electron chi connectivity index (χ3n) is 3.42. The van der Waals surface area contributed by atoms with Crippen LogP contribution in [0.5, 0.6) is 5.75 Å². The van der Waals surface area contributed by atoms with Crippen LogP contribution < -0.4 is 5.32 Å². The summed E-state index contributed by atoms with van der Waals surface area (Å²) in [5, 5.41) is 12.5. The predicted molar refractivity (Wildman–Crippen MR) is 82.9 cm³/mol. The normalized spacial score (nSPS) is 21.3. The fraction of sp³-hybridized carbons (Fsp3) is 0.467. The van der Waals surface area contributed by atoms with Crippen LogP contribution in [0.1, 0.15) is 31.2 Å². The molecule has 0 spiro atoms. The molecule has 2 amide bonds. The van der Waals surface area contributed by atoms with Crippen LogP contribution in [0.3, 0.4) is 0 Å². The summed E-state index contributed by atoms with van der Waals surface area (Å²) in [4.78, 5) is 25.7. The number of phenols is 1. The quantitative estimate of drug-likeness (QED) is 0.891. The number of carbonyl (C=O) groups is 2. The van der Waals surface area contributed by atoms with E-state index in [-0.39, 0.29) is 22.9 Å². The zero-order valence-corrected chi connectivity index (χ0v) is 13.0. The van der Waals surface area contributed by atoms with Crippen LogP contribution in [0.15, 0.2) is 24.3 Å². The van der Waals surface area contributed by atoms with E-state index in [1.165, 1.54) is 18.7 Å². The molecule has 1 aliphatic rings. The van der Waals surface area contributed by atoms with Gasteiger partial charge in [-0.05, 0) is 12.5 Å². The second kappa shape index (κ2) is 6.85. The molecule has 6 heteroatoms. The number of amides is 2. The van der Waals surface area contributed by atoms with E-state index in [0.29, 0.717) is 17.9 Å². The highest BCUT2D eigenvalue weighted by Crippen LogP contribution is 2.44. The number of phenolic OH excluding ortho intramolecular Hbond substituents is 1. The van der Waals surface area contributed by atoms with E-state index < -0.39 is 6.04 Å². The van der Waals surface area contributed by atoms with Crippen LogP contribution in [0, 0.1) is 0 Å². The zero-order chi connectivity index (χ0) is 15.4. The molecule has 2 rings (SSSR count). The molecule has 1 saturated heterocycles. The van der Waals surface area contributed by atoms with Crippen LogP contribution in [0.4, 0.5) is 0 Å². The highest BCUT2D eigenvalue weighted by atomic mass is 32.2. The molecule has 1 fully saturated rings. The number of hydrogen-bond acceptors (Lipinski definition) is 4. The van der Waals surface area contributed by atoms with Crippen molar-refractivity contribution in [1.29, 1.82) is 0 Å². The van der Waals surface area contributed by atoms with E-state index in [0.717, 1.165) is 6.42 Å². The number of rotatable bonds is 4. The van der Waals surface area contributed by atoms with Crippen molar-refractivity contribution in [2.24, 2.45) is 0 Å². The van der Waals surface area contributed by atoms with Gasteiger partial charge < -0.3 is 15.3 Å². The maximum atomic E-state index is 12.2. The minimum atomic E-state index is -0.483. The first-order valence-electron chi connectivity index (χ1n) is 7.02. The van der Waals surface area contributed by atoms with Gasteiger partial charge in [-0.2, -0.15) is 0 Å². The van der Waals surface area contributed by atoms with Gasteiger partial charge in [-0.25, -0.2) is 0 Å². The number of thioether (sulfide) groups is 1. The number of aromatic hydroxyl groups is 1. The van der Waals surface area contributed by atoms with Crippen LogP contribution in [-0.4, -0.2) is 40.2 Å². The maximum Gasteiger partial charge on any atom is 0.243 e. The Labute approximate surface area is 128 Å². The molecule has 0 bridgehead atoms. The summed E-state index contributed by atoms with van der Waals surface area (Å²) >= 11 is 1.50. The van der Waals surface area contributed by atoms with Crippen molar-refractivity contribution in [3.63, 3.8) is 0 Å². The zero-order valence-electron chi connectivity index (χ0n) is 12.2. The van der Waals surface area contributed by atoms with Crippen molar-refractivity contribution < 1.29 is 14.7 Å². The van der Waals surface area contributed by atoms with Crippen molar-refractivity contribution in [2.75, 3.05) is 12.3 Å². The number of hydrogen-bond donors (Lipinski definition) is 2. The Bertz CT molecular complexity index is 535. The van der Waals surface area contributed by atoms with Crippen LogP contribution in [-0.2, 0) is 9.59 Å². The molecule has 21 heavy (non-hydrogen) atoms. The summed E-state index contributed by atoms with van der Waals surface area (Å²) < 4.78 is 0. The van der Waals surface area contributed by atoms with E-state index in [4.69, 9.17) is 0 Å². The van der Waals surface area contributed by atoms with Crippen molar-refractivity contribution >= 4 is 23.6 Å². The molecule has 1 heterocycles. The largest absolute Gasteiger partial charge is 0.508 e. The minimum Gasteiger partial charge on any atom is -0.508 e. The number of nitrogens with zero attached hydrogens (tertiary/aromatic N) is 1. The molecule has 0 unspecified atom stereocenters. The summed E-state index contributed by atoms with van der Waals surface area (Å²) in [6.07, 6.45) is 0.856. The molecule has 1 aromatic carbocycles. The second-order valence-corrected chi connectivity index (χ2v) is 6.09. The Kier molecular flexibility index (Phi) is 5.12. The molecule has 0 aliphatic carbocycles. The molecular weight excluding hydrogens is 288 g/mol. The summed E-state index contributed by atoms with van der Waals surface area (Å²) in [7, 11) is 0. The lowest BCUT2D eigenvalue weighted by atomic mass is 10.1. The van der Waals surface area contributed by atoms with Crippen molar-refractivity contribution in [3.05, 3.63) is 29.8 Å². The van der Waals surface area contributed by atoms with E-state index in [1.54, 1.807) is 23.1 Å². The summed E-state index contributed by atoms with van der Waals surface area (Å²) in [6, 6.07) is 6.46. The Balaban J connectivity index is 2.23. The Hall–Kier alpha value is -1.69. The number of benzene rings is 1. The second-order valence-electron chi connectivity index (χ2n) is 4.98. The van der Waals surface area contributed by atoms with Crippen LogP contribution >= 0.6 is 11.8 Å². The SMILES string of the molecule is CCCNC(=O)[C@H]1CS[C@@H](c2ccccc2O)N1C(C)=O. The summed E-state index contributed by atoms with van der Waals surface area (Å²) in [6.45, 7) is 4.04. The van der Waals surface area contributed by atoms with Gasteiger partial charge in [-0.15, -0.1) is 11.8 Å². The number of nitrogens with one attached hydrogen (secondary N) is 1. The van der Waals surface area contributed by atoms with Crippen LogP contribution in [0.25, 0.3) is 0 Å². The first-order chi connectivity index (χ1) is 10.1. The highest BCUT2D eigenvalue weighted by molar-refractivity contribution is 7.99. The van der Waals surface area contributed by atoms with E-state index in [2.05, 4.69) is 5.32 Å². The van der Waals surface area contributed by atoms with Gasteiger partial charge >= 0.3 is 0 Å². The lowest BCUT2D eigenvalue weighted by Gasteiger charge is -2.28. The lowest BCUT2D eigenvalue weighted by Crippen LogP contribution is -2.47. The summed E-state index contributed by atoms with van der Waals surface area (Å²) in [5.74, 6) is 0.395. The number of carbonyl (C=O) groups excluding carboxylic acids is 2. The highest BCUT2D eigenvalue weighted by Gasteiger charge is 2.41. The monoisotopic (exact) mass is 308 g/mol. The molecule has 0 aromatic heterocycles. The lowest BCUT2D eigenvalue weighted by molar-refractivity contribution is -0.138. The molecule has 0 saturated carbocycles. The molecule has 1 aliphatic heterocycles. The van der Waals surface area contributed by atoms with Crippen molar-refractivity contribution in [1.82, 2.24) is 10.2 Å². The molecule has 1 aromatic rings. The first kappa shape index (κ1) is 15.7. The predicted octanol–water partition coefficient (Wildman–Crippen LogP) is 1.88. The molecule has 0 radical (unpaired) electrons. The van der Waals surface area contributed by atoms with Gasteiger partial charge in [0.2, 0.25) is 11.8 Å². The van der Waals surface area contributed by atoms with E-state index in [1.807, 2.05) is 13.0 Å². The van der Waals surface area contributed by atoms with Gasteiger partial charge in [0.25, 0.3) is 0 Å². The summed E-state index contributed by atoms with van der Waals surface area (Å²) in [5.41, 5.74) is 0.670. The Morgan fingerprint density at radius 2 is 2.14 bits per heavy atom. The average molecular weight is 308 g/mol. The van der Waals surface area contributed by atoms with Gasteiger partial charge in [0.05, 0.1) is 0 Å². The Morgan fingerprint density at radius 1 is 1.43 bits per heavy atom. The molecule has 2 N–H and O–H groups in total. The van der Waals surface area contributed by atoms with Crippen molar-refractivity contribution in [2.45, 2.75) is 31.7 Å². The van der Waals surface area contributed by atoms with Crippen molar-refractivity contribution in [3.8, 4) is 5.75 Å². The van der Waals surface area contributed by atoms with E-state index >= 15 is 0 Å². The maximum absolute atomic E-state index is 12.2. The van der Waals surface area contributed by atoms with E-state index in [9.17, 15) is 14.7 Å². The third kappa shape index (κ3) is 3.32. The van der Waals surface area contributed by atoms with Gasteiger partial charge in [0.15, 0.2) is 0 Å². The van der Waals surface area contributed by atoms with Gasteiger partial charge in [-0.1, -0.05) is 25.1 Å². The topological polar surface area (TPSA) is 69.6 Å². The van der Waals surface area contributed by atoms with Crippen LogP contribution in [0.2, 0.25) is 0 Å². The standard InChI is InChI=1S/C15H20N2O3S/c1-3-8-16-14(20)12-9-21-15(17(12)10(2)18)11-6-4-5-7-13(11)19/h4-7,12,15,19H,3,8-9H2,1-2H3,(H,16,20)/t12-,15+/m1/s1. The fourth-order valence-electron chi connectivity index (χ4n) is 2.39. The molecule has 5 nitrogen and oxygen atoms in total. The first-order valence-corrected chi connectivity index (χ1v) is 8.07. The minimum absolute atomic E-state index is 0.127. The fourth-order valence-corrected chi connectivity index (χ4v) is 3.91. The molecule has 2 atom stereocenters. The molecule has 114 valence electrons. The Morgan fingerprint density at radius 3 is 2.76 bits per heavy atom. The number of para-hydroxylation sites is 1.